The molecule has 1 saturated heterocycles. The Balaban J connectivity index is 1.27. The van der Waals surface area contributed by atoms with Gasteiger partial charge in [-0.05, 0) is 37.0 Å². The molecule has 1 aliphatic carbocycles. The van der Waals surface area contributed by atoms with Gasteiger partial charge in [0.15, 0.2) is 5.69 Å². The lowest BCUT2D eigenvalue weighted by molar-refractivity contribution is 0.0776. The maximum atomic E-state index is 13.4. The van der Waals surface area contributed by atoms with Crippen LogP contribution >= 0.6 is 0 Å². The third kappa shape index (κ3) is 4.40. The van der Waals surface area contributed by atoms with Crippen LogP contribution in [0.2, 0.25) is 0 Å². The van der Waals surface area contributed by atoms with Gasteiger partial charge in [-0.2, -0.15) is 5.10 Å². The molecule has 178 valence electrons. The second-order valence-corrected chi connectivity index (χ2v) is 9.45. The van der Waals surface area contributed by atoms with Crippen LogP contribution in [-0.4, -0.2) is 69.9 Å². The number of hydrogen-bond acceptors (Lipinski definition) is 5. The molecule has 2 heterocycles. The number of piperazine rings is 1. The highest BCUT2D eigenvalue weighted by Crippen LogP contribution is 2.31. The van der Waals surface area contributed by atoms with E-state index in [0.29, 0.717) is 24.0 Å². The molecule has 2 aliphatic rings. The number of benzene rings is 2. The zero-order chi connectivity index (χ0) is 23.7. The van der Waals surface area contributed by atoms with E-state index in [1.807, 2.05) is 67.3 Å². The van der Waals surface area contributed by atoms with Crippen LogP contribution in [0.15, 0.2) is 54.6 Å². The van der Waals surface area contributed by atoms with E-state index in [1.54, 1.807) is 11.0 Å². The number of carbonyl (C=O) groups excluding carboxylic acids is 1. The highest BCUT2D eigenvalue weighted by atomic mass is 16.3. The number of aromatic hydroxyl groups is 1. The van der Waals surface area contributed by atoms with Crippen molar-refractivity contribution in [2.45, 2.75) is 31.8 Å². The van der Waals surface area contributed by atoms with E-state index in [9.17, 15) is 9.90 Å². The van der Waals surface area contributed by atoms with Gasteiger partial charge < -0.3 is 14.9 Å². The van der Waals surface area contributed by atoms with Crippen molar-refractivity contribution in [2.75, 3.05) is 38.1 Å². The molecule has 0 spiro atoms. The van der Waals surface area contributed by atoms with Crippen molar-refractivity contribution < 1.29 is 9.90 Å². The van der Waals surface area contributed by atoms with Crippen molar-refractivity contribution in [3.63, 3.8) is 0 Å². The predicted octanol–water partition coefficient (Wildman–Crippen LogP) is 3.08. The SMILES string of the molecule is CN(Cc1ccccc1)C(=O)c1nn(C)c2c1C[C@@H](N1CCN(c3ccccc3O)CC1)CC2. The Labute approximate surface area is 201 Å². The van der Waals surface area contributed by atoms with Crippen LogP contribution < -0.4 is 4.90 Å². The van der Waals surface area contributed by atoms with Crippen LogP contribution in [0.5, 0.6) is 5.75 Å². The van der Waals surface area contributed by atoms with Crippen LogP contribution in [0, 0.1) is 0 Å². The van der Waals surface area contributed by atoms with E-state index in [-0.39, 0.29) is 5.91 Å². The number of amides is 1. The summed E-state index contributed by atoms with van der Waals surface area (Å²) in [7, 11) is 3.81. The number of hydrogen-bond donors (Lipinski definition) is 1. The van der Waals surface area contributed by atoms with Crippen LogP contribution in [0.1, 0.15) is 33.7 Å². The van der Waals surface area contributed by atoms with Crippen molar-refractivity contribution in [2.24, 2.45) is 7.05 Å². The minimum atomic E-state index is -0.00859. The first-order valence-corrected chi connectivity index (χ1v) is 12.1. The van der Waals surface area contributed by atoms with Crippen molar-refractivity contribution in [3.05, 3.63) is 77.1 Å². The fourth-order valence-corrected chi connectivity index (χ4v) is 5.42. The minimum absolute atomic E-state index is 0.00859. The Kier molecular flexibility index (Phi) is 6.28. The number of fused-ring (bicyclic) bond motifs is 1. The standard InChI is InChI=1S/C27H33N5O2/c1-29(19-20-8-4-3-5-9-20)27(34)26-22-18-21(12-13-23(22)30(2)28-26)31-14-16-32(17-15-31)24-10-6-7-11-25(24)33/h3-11,21,33H,12-19H2,1-2H3/t21-/m0/s1. The second-order valence-electron chi connectivity index (χ2n) is 9.45. The minimum Gasteiger partial charge on any atom is -0.506 e. The summed E-state index contributed by atoms with van der Waals surface area (Å²) < 4.78 is 1.91. The lowest BCUT2D eigenvalue weighted by Crippen LogP contribution is -2.52. The molecule has 1 atom stereocenters. The molecule has 7 nitrogen and oxygen atoms in total. The maximum Gasteiger partial charge on any atom is 0.274 e. The summed E-state index contributed by atoms with van der Waals surface area (Å²) in [6, 6.07) is 18.1. The number of nitrogens with zero attached hydrogens (tertiary/aromatic N) is 5. The normalized spacial score (nSPS) is 18.5. The average Bonchev–Trinajstić information content (AvgIpc) is 3.20. The molecule has 7 heteroatoms. The zero-order valence-corrected chi connectivity index (χ0v) is 20.0. The fraction of sp³-hybridized carbons (Fsp3) is 0.407. The summed E-state index contributed by atoms with van der Waals surface area (Å²) in [5, 5.41) is 14.9. The van der Waals surface area contributed by atoms with Gasteiger partial charge >= 0.3 is 0 Å². The number of phenols is 1. The number of rotatable bonds is 5. The van der Waals surface area contributed by atoms with Gasteiger partial charge in [-0.3, -0.25) is 14.4 Å². The summed E-state index contributed by atoms with van der Waals surface area (Å²) >= 11 is 0. The molecule has 1 N–H and O–H groups in total. The van der Waals surface area contributed by atoms with Crippen LogP contribution in [0.4, 0.5) is 5.69 Å². The maximum absolute atomic E-state index is 13.4. The van der Waals surface area contributed by atoms with Crippen molar-refractivity contribution in [3.8, 4) is 5.75 Å². The Morgan fingerprint density at radius 2 is 1.76 bits per heavy atom. The molecule has 5 rings (SSSR count). The molecule has 1 amide bonds. The molecule has 0 unspecified atom stereocenters. The molecule has 34 heavy (non-hydrogen) atoms. The van der Waals surface area contributed by atoms with Gasteiger partial charge in [0.2, 0.25) is 0 Å². The lowest BCUT2D eigenvalue weighted by Gasteiger charge is -2.41. The number of aryl methyl sites for hydroxylation is 1. The molecule has 2 aromatic carbocycles. The van der Waals surface area contributed by atoms with Crippen LogP contribution in [0.3, 0.4) is 0 Å². The van der Waals surface area contributed by atoms with E-state index >= 15 is 0 Å². The van der Waals surface area contributed by atoms with Gasteiger partial charge in [0.05, 0.1) is 5.69 Å². The fourth-order valence-electron chi connectivity index (χ4n) is 5.42. The van der Waals surface area contributed by atoms with E-state index in [2.05, 4.69) is 14.9 Å². The van der Waals surface area contributed by atoms with Crippen LogP contribution in [0.25, 0.3) is 0 Å². The quantitative estimate of drug-likeness (QED) is 0.635. The second kappa shape index (κ2) is 9.50. The number of aromatic nitrogens is 2. The Hall–Kier alpha value is -3.32. The van der Waals surface area contributed by atoms with Gasteiger partial charge in [0.1, 0.15) is 5.75 Å². The monoisotopic (exact) mass is 459 g/mol. The molecule has 1 aliphatic heterocycles. The summed E-state index contributed by atoms with van der Waals surface area (Å²) in [6.07, 6.45) is 2.88. The molecule has 1 fully saturated rings. The van der Waals surface area contributed by atoms with E-state index < -0.39 is 0 Å². The molecule has 0 radical (unpaired) electrons. The Morgan fingerprint density at radius 1 is 1.06 bits per heavy atom. The Bertz CT molecular complexity index is 1150. The van der Waals surface area contributed by atoms with Gasteiger partial charge in [-0.25, -0.2) is 0 Å². The molecule has 0 saturated carbocycles. The first kappa shape index (κ1) is 22.5. The topological polar surface area (TPSA) is 64.8 Å². The third-order valence-electron chi connectivity index (χ3n) is 7.29. The number of anilines is 1. The molecular formula is C27H33N5O2. The van der Waals surface area contributed by atoms with E-state index in [4.69, 9.17) is 0 Å². The highest BCUT2D eigenvalue weighted by Gasteiger charge is 2.33. The van der Waals surface area contributed by atoms with E-state index in [1.165, 1.54) is 5.69 Å². The van der Waals surface area contributed by atoms with Gasteiger partial charge in [0.25, 0.3) is 5.91 Å². The Morgan fingerprint density at radius 3 is 2.50 bits per heavy atom. The molecule has 3 aromatic rings. The smallest absolute Gasteiger partial charge is 0.274 e. The number of phenolic OH excluding ortho intramolecular Hbond substituents is 1. The van der Waals surface area contributed by atoms with E-state index in [0.717, 1.165) is 62.3 Å². The van der Waals surface area contributed by atoms with Crippen molar-refractivity contribution in [1.82, 2.24) is 19.6 Å². The largest absolute Gasteiger partial charge is 0.506 e. The summed E-state index contributed by atoms with van der Waals surface area (Å²) in [4.78, 5) is 19.9. The molecule has 1 aromatic heterocycles. The number of carbonyl (C=O) groups is 1. The van der Waals surface area contributed by atoms with Gasteiger partial charge in [-0.15, -0.1) is 0 Å². The molecular weight excluding hydrogens is 426 g/mol. The zero-order valence-electron chi connectivity index (χ0n) is 20.0. The van der Waals surface area contributed by atoms with Crippen LogP contribution in [-0.2, 0) is 26.4 Å². The highest BCUT2D eigenvalue weighted by molar-refractivity contribution is 5.94. The summed E-state index contributed by atoms with van der Waals surface area (Å²) in [5.41, 5.74) is 4.94. The first-order valence-electron chi connectivity index (χ1n) is 12.1. The lowest BCUT2D eigenvalue weighted by atomic mass is 9.89. The average molecular weight is 460 g/mol. The first-order chi connectivity index (χ1) is 16.5. The predicted molar refractivity (Wildman–Crippen MR) is 133 cm³/mol. The van der Waals surface area contributed by atoms with Gasteiger partial charge in [0, 0.05) is 64.1 Å². The third-order valence-corrected chi connectivity index (χ3v) is 7.29. The molecule has 0 bridgehead atoms. The summed E-state index contributed by atoms with van der Waals surface area (Å²) in [5.74, 6) is 0.335. The van der Waals surface area contributed by atoms with Crippen molar-refractivity contribution in [1.29, 1.82) is 0 Å². The van der Waals surface area contributed by atoms with Gasteiger partial charge in [-0.1, -0.05) is 42.5 Å². The number of para-hydroxylation sites is 2. The summed E-state index contributed by atoms with van der Waals surface area (Å²) in [6.45, 7) is 4.25. The van der Waals surface area contributed by atoms with Crippen molar-refractivity contribution >= 4 is 11.6 Å².